The van der Waals surface area contributed by atoms with Gasteiger partial charge in [-0.3, -0.25) is 14.4 Å². The van der Waals surface area contributed by atoms with Gasteiger partial charge in [0.25, 0.3) is 5.56 Å². The van der Waals surface area contributed by atoms with Gasteiger partial charge >= 0.3 is 5.97 Å². The zero-order valence-electron chi connectivity index (χ0n) is 17.6. The number of nitrogens with one attached hydrogen (secondary N) is 1. The maximum atomic E-state index is 13.3. The Morgan fingerprint density at radius 2 is 1.74 bits per heavy atom. The average molecular weight is 453 g/mol. The summed E-state index contributed by atoms with van der Waals surface area (Å²) in [6.45, 7) is 0. The molecule has 0 saturated heterocycles. The third kappa shape index (κ3) is 3.13. The lowest BCUT2D eigenvalue weighted by molar-refractivity contribution is -0.135. The van der Waals surface area contributed by atoms with E-state index in [0.717, 1.165) is 5.39 Å². The number of benzene rings is 3. The first-order chi connectivity index (χ1) is 16.5. The first-order valence-corrected chi connectivity index (χ1v) is 10.7. The van der Waals surface area contributed by atoms with Crippen LogP contribution in [-0.4, -0.2) is 11.0 Å². The number of carbonyl (C=O) groups excluding carboxylic acids is 1. The number of aromatic amines is 1. The van der Waals surface area contributed by atoms with Crippen LogP contribution in [0.3, 0.4) is 0 Å². The summed E-state index contributed by atoms with van der Waals surface area (Å²) >= 11 is 0. The SMILES string of the molecule is O=C1CC(c2cc3ccccc3[nH]c2=O)c2c(ccc3c(=O)c(-c4ccc(F)cc4)coc23)O1. The summed E-state index contributed by atoms with van der Waals surface area (Å²) < 4.78 is 24.7. The minimum Gasteiger partial charge on any atom is -0.463 e. The Kier molecular flexibility index (Phi) is 4.45. The van der Waals surface area contributed by atoms with Gasteiger partial charge in [0.2, 0.25) is 5.43 Å². The number of halogens is 1. The summed E-state index contributed by atoms with van der Waals surface area (Å²) in [4.78, 5) is 41.6. The fraction of sp³-hybridized carbons (Fsp3) is 0.0741. The van der Waals surface area contributed by atoms with Crippen molar-refractivity contribution in [3.8, 4) is 16.9 Å². The van der Waals surface area contributed by atoms with Gasteiger partial charge in [0, 0.05) is 22.6 Å². The minimum atomic E-state index is -0.659. The Hall–Kier alpha value is -4.52. The van der Waals surface area contributed by atoms with E-state index in [2.05, 4.69) is 4.98 Å². The predicted molar refractivity (Wildman–Crippen MR) is 125 cm³/mol. The fourth-order valence-corrected chi connectivity index (χ4v) is 4.57. The van der Waals surface area contributed by atoms with Crippen molar-refractivity contribution in [2.45, 2.75) is 12.3 Å². The summed E-state index contributed by atoms with van der Waals surface area (Å²) in [5.74, 6) is -1.30. The number of esters is 1. The molecule has 1 N–H and O–H groups in total. The Morgan fingerprint density at radius 3 is 2.56 bits per heavy atom. The number of hydrogen-bond donors (Lipinski definition) is 1. The first kappa shape index (κ1) is 20.1. The molecule has 6 nitrogen and oxygen atoms in total. The highest BCUT2D eigenvalue weighted by atomic mass is 19.1. The molecule has 166 valence electrons. The van der Waals surface area contributed by atoms with Gasteiger partial charge in [0.15, 0.2) is 0 Å². The largest absolute Gasteiger partial charge is 0.463 e. The fourth-order valence-electron chi connectivity index (χ4n) is 4.57. The number of hydrogen-bond acceptors (Lipinski definition) is 5. The molecule has 6 rings (SSSR count). The van der Waals surface area contributed by atoms with E-state index in [1.54, 1.807) is 18.2 Å². The molecule has 3 heterocycles. The normalized spacial score (nSPS) is 15.3. The smallest absolute Gasteiger partial charge is 0.312 e. The maximum Gasteiger partial charge on any atom is 0.312 e. The van der Waals surface area contributed by atoms with Crippen LogP contribution >= 0.6 is 0 Å². The monoisotopic (exact) mass is 453 g/mol. The molecule has 0 radical (unpaired) electrons. The zero-order chi connectivity index (χ0) is 23.4. The van der Waals surface area contributed by atoms with Gasteiger partial charge in [0.05, 0.1) is 17.4 Å². The van der Waals surface area contributed by atoms with Gasteiger partial charge < -0.3 is 14.1 Å². The van der Waals surface area contributed by atoms with Crippen LogP contribution in [-0.2, 0) is 4.79 Å². The number of H-pyrrole nitrogens is 1. The van der Waals surface area contributed by atoms with Crippen LogP contribution in [0, 0.1) is 5.82 Å². The summed E-state index contributed by atoms with van der Waals surface area (Å²) in [6.07, 6.45) is 1.24. The maximum absolute atomic E-state index is 13.3. The van der Waals surface area contributed by atoms with Gasteiger partial charge in [-0.2, -0.15) is 0 Å². The quantitative estimate of drug-likeness (QED) is 0.304. The molecule has 0 aliphatic carbocycles. The highest BCUT2D eigenvalue weighted by Gasteiger charge is 2.33. The second-order valence-electron chi connectivity index (χ2n) is 8.21. The van der Waals surface area contributed by atoms with Gasteiger partial charge in [-0.25, -0.2) is 4.39 Å². The standard InChI is InChI=1S/C27H16FNO5/c28-16-7-5-14(6-8-16)20-13-33-26-17(25(20)31)9-10-22-24(26)18(12-23(30)34-22)19-11-15-3-1-2-4-21(15)29-27(19)32/h1-11,13,18H,12H2,(H,29,32). The van der Waals surface area contributed by atoms with Crippen LogP contribution in [0.5, 0.6) is 5.75 Å². The van der Waals surface area contributed by atoms with Crippen molar-refractivity contribution in [1.82, 2.24) is 4.98 Å². The number of aromatic nitrogens is 1. The molecule has 0 saturated carbocycles. The summed E-state index contributed by atoms with van der Waals surface area (Å²) in [7, 11) is 0. The van der Waals surface area contributed by atoms with Gasteiger partial charge in [-0.1, -0.05) is 30.3 Å². The van der Waals surface area contributed by atoms with E-state index in [0.29, 0.717) is 22.2 Å². The van der Waals surface area contributed by atoms with Crippen molar-refractivity contribution >= 4 is 27.8 Å². The van der Waals surface area contributed by atoms with Gasteiger partial charge in [-0.15, -0.1) is 0 Å². The molecule has 0 fully saturated rings. The number of pyridine rings is 1. The number of para-hydroxylation sites is 1. The van der Waals surface area contributed by atoms with E-state index in [1.165, 1.54) is 36.6 Å². The predicted octanol–water partition coefficient (Wildman–Crippen LogP) is 4.88. The lowest BCUT2D eigenvalue weighted by Crippen LogP contribution is -2.26. The second kappa shape index (κ2) is 7.52. The average Bonchev–Trinajstić information content (AvgIpc) is 2.84. The van der Waals surface area contributed by atoms with Crippen LogP contribution in [0.4, 0.5) is 4.39 Å². The van der Waals surface area contributed by atoms with Crippen molar-refractivity contribution in [2.24, 2.45) is 0 Å². The minimum absolute atomic E-state index is 0.0725. The third-order valence-corrected chi connectivity index (χ3v) is 6.20. The molecule has 1 aliphatic heterocycles. The molecule has 1 atom stereocenters. The molecule has 5 aromatic rings. The van der Waals surface area contributed by atoms with Crippen molar-refractivity contribution in [2.75, 3.05) is 0 Å². The van der Waals surface area contributed by atoms with Crippen molar-refractivity contribution in [1.29, 1.82) is 0 Å². The van der Waals surface area contributed by atoms with Crippen molar-refractivity contribution in [3.05, 3.63) is 111 Å². The molecule has 7 heteroatoms. The highest BCUT2D eigenvalue weighted by Crippen LogP contribution is 2.42. The molecular formula is C27H16FNO5. The van der Waals surface area contributed by atoms with E-state index in [-0.39, 0.29) is 39.7 Å². The molecular weight excluding hydrogens is 437 g/mol. The number of carbonyl (C=O) groups is 1. The van der Waals surface area contributed by atoms with Gasteiger partial charge in [0.1, 0.15) is 23.4 Å². The third-order valence-electron chi connectivity index (χ3n) is 6.20. The van der Waals surface area contributed by atoms with Crippen molar-refractivity contribution < 1.29 is 18.3 Å². The molecule has 3 aromatic carbocycles. The van der Waals surface area contributed by atoms with E-state index in [4.69, 9.17) is 9.15 Å². The molecule has 34 heavy (non-hydrogen) atoms. The lowest BCUT2D eigenvalue weighted by Gasteiger charge is -2.25. The van der Waals surface area contributed by atoms with Crippen LogP contribution in [0.1, 0.15) is 23.5 Å². The molecule has 0 bridgehead atoms. The number of rotatable bonds is 2. The van der Waals surface area contributed by atoms with E-state index in [9.17, 15) is 18.8 Å². The van der Waals surface area contributed by atoms with E-state index in [1.807, 2.05) is 18.2 Å². The van der Waals surface area contributed by atoms with Crippen molar-refractivity contribution in [3.63, 3.8) is 0 Å². The number of fused-ring (bicyclic) bond motifs is 4. The van der Waals surface area contributed by atoms with Gasteiger partial charge in [-0.05, 0) is 47.3 Å². The Balaban J connectivity index is 1.59. The Bertz CT molecular complexity index is 1730. The molecule has 0 amide bonds. The van der Waals surface area contributed by atoms with E-state index < -0.39 is 17.7 Å². The molecule has 2 aromatic heterocycles. The summed E-state index contributed by atoms with van der Waals surface area (Å²) in [5, 5.41) is 1.10. The van der Waals surface area contributed by atoms with Crippen LogP contribution in [0.15, 0.2) is 87.0 Å². The summed E-state index contributed by atoms with van der Waals surface area (Å²) in [5.41, 5.74) is 1.95. The highest BCUT2D eigenvalue weighted by molar-refractivity contribution is 5.90. The second-order valence-corrected chi connectivity index (χ2v) is 8.21. The van der Waals surface area contributed by atoms with Crippen LogP contribution in [0.25, 0.3) is 33.0 Å². The van der Waals surface area contributed by atoms with Crippen LogP contribution in [0.2, 0.25) is 0 Å². The molecule has 1 unspecified atom stereocenters. The van der Waals surface area contributed by atoms with E-state index >= 15 is 0 Å². The lowest BCUT2D eigenvalue weighted by atomic mass is 9.85. The molecule has 0 spiro atoms. The number of ether oxygens (including phenoxy) is 1. The summed E-state index contributed by atoms with van der Waals surface area (Å²) in [6, 6.07) is 17.7. The topological polar surface area (TPSA) is 89.4 Å². The Morgan fingerprint density at radius 1 is 0.941 bits per heavy atom. The zero-order valence-corrected chi connectivity index (χ0v) is 17.6. The Labute approximate surface area is 191 Å². The first-order valence-electron chi connectivity index (χ1n) is 10.7. The van der Waals surface area contributed by atoms with Crippen LogP contribution < -0.4 is 15.7 Å². The molecule has 1 aliphatic rings.